The van der Waals surface area contributed by atoms with Crippen molar-refractivity contribution in [1.82, 2.24) is 4.98 Å². The quantitative estimate of drug-likeness (QED) is 0.791. The molecule has 6 nitrogen and oxygen atoms in total. The summed E-state index contributed by atoms with van der Waals surface area (Å²) in [7, 11) is 5.56. The lowest BCUT2D eigenvalue weighted by Gasteiger charge is -2.17. The summed E-state index contributed by atoms with van der Waals surface area (Å²) in [6, 6.07) is 9.19. The Bertz CT molecular complexity index is 702. The van der Waals surface area contributed by atoms with Crippen LogP contribution in [0.1, 0.15) is 15.9 Å². The maximum absolute atomic E-state index is 12.5. The molecule has 0 aliphatic heterocycles. The van der Waals surface area contributed by atoms with E-state index in [1.54, 1.807) is 25.4 Å². The molecule has 0 atom stereocenters. The van der Waals surface area contributed by atoms with Crippen LogP contribution >= 0.6 is 0 Å². The number of nitrogens with zero attached hydrogens (tertiary/aromatic N) is 2. The van der Waals surface area contributed by atoms with Crippen LogP contribution < -0.4 is 15.0 Å². The van der Waals surface area contributed by atoms with E-state index in [0.29, 0.717) is 24.7 Å². The molecule has 0 aliphatic rings. The predicted octanol–water partition coefficient (Wildman–Crippen LogP) is 2.73. The Balaban J connectivity index is 2.14. The summed E-state index contributed by atoms with van der Waals surface area (Å²) in [5, 5.41) is 2.89. The average Bonchev–Trinajstić information content (AvgIpc) is 2.55. The van der Waals surface area contributed by atoms with Crippen molar-refractivity contribution < 1.29 is 14.3 Å². The molecule has 1 aromatic heterocycles. The predicted molar refractivity (Wildman–Crippen MR) is 95.1 cm³/mol. The van der Waals surface area contributed by atoms with Crippen LogP contribution in [-0.2, 0) is 4.74 Å². The first-order valence-corrected chi connectivity index (χ1v) is 7.69. The minimum Gasteiger partial charge on any atom is -0.475 e. The average molecular weight is 329 g/mol. The van der Waals surface area contributed by atoms with Gasteiger partial charge in [0.25, 0.3) is 5.91 Å². The molecule has 0 radical (unpaired) electrons. The van der Waals surface area contributed by atoms with Crippen LogP contribution in [0.25, 0.3) is 0 Å². The Morgan fingerprint density at radius 1 is 1.25 bits per heavy atom. The van der Waals surface area contributed by atoms with Gasteiger partial charge >= 0.3 is 0 Å². The van der Waals surface area contributed by atoms with Crippen molar-refractivity contribution in [2.24, 2.45) is 0 Å². The summed E-state index contributed by atoms with van der Waals surface area (Å²) in [5.41, 5.74) is 3.32. The number of benzene rings is 1. The van der Waals surface area contributed by atoms with Crippen molar-refractivity contribution in [3.63, 3.8) is 0 Å². The van der Waals surface area contributed by atoms with Crippen LogP contribution in [0.3, 0.4) is 0 Å². The lowest BCUT2D eigenvalue weighted by atomic mass is 10.1. The molecule has 1 amide bonds. The number of pyridine rings is 1. The summed E-state index contributed by atoms with van der Waals surface area (Å²) < 4.78 is 10.5. The fourth-order valence-electron chi connectivity index (χ4n) is 2.33. The van der Waals surface area contributed by atoms with Crippen molar-refractivity contribution in [3.8, 4) is 5.88 Å². The number of aryl methyl sites for hydroxylation is 1. The highest BCUT2D eigenvalue weighted by Gasteiger charge is 2.14. The van der Waals surface area contributed by atoms with Crippen molar-refractivity contribution in [3.05, 3.63) is 47.7 Å². The van der Waals surface area contributed by atoms with Gasteiger partial charge in [0.2, 0.25) is 5.88 Å². The summed E-state index contributed by atoms with van der Waals surface area (Å²) in [4.78, 5) is 18.7. The van der Waals surface area contributed by atoms with Crippen LogP contribution in [0.5, 0.6) is 5.88 Å². The standard InChI is InChI=1S/C18H23N3O3/c1-13-12-14(7-8-16(13)21(2)3)20-17(22)15-6-5-9-19-18(15)24-11-10-23-4/h5-9,12H,10-11H2,1-4H3,(H,20,22). The van der Waals surface area contributed by atoms with E-state index < -0.39 is 0 Å². The fraction of sp³-hybridized carbons (Fsp3) is 0.333. The minimum atomic E-state index is -0.257. The van der Waals surface area contributed by atoms with E-state index in [2.05, 4.69) is 10.3 Å². The molecule has 0 aliphatic carbocycles. The maximum atomic E-state index is 12.5. The third-order valence-electron chi connectivity index (χ3n) is 3.48. The number of rotatable bonds is 7. The third kappa shape index (κ3) is 4.45. The molecule has 0 bridgehead atoms. The lowest BCUT2D eigenvalue weighted by molar-refractivity contribution is 0.101. The van der Waals surface area contributed by atoms with Crippen molar-refractivity contribution in [2.45, 2.75) is 6.92 Å². The van der Waals surface area contributed by atoms with E-state index in [-0.39, 0.29) is 5.91 Å². The maximum Gasteiger partial charge on any atom is 0.261 e. The Morgan fingerprint density at radius 3 is 2.71 bits per heavy atom. The number of nitrogens with one attached hydrogen (secondary N) is 1. The van der Waals surface area contributed by atoms with Gasteiger partial charge < -0.3 is 19.7 Å². The second kappa shape index (κ2) is 8.31. The van der Waals surface area contributed by atoms with Crippen molar-refractivity contribution in [2.75, 3.05) is 44.6 Å². The number of carbonyl (C=O) groups is 1. The Morgan fingerprint density at radius 2 is 2.04 bits per heavy atom. The molecule has 128 valence electrons. The van der Waals surface area contributed by atoms with E-state index >= 15 is 0 Å². The van der Waals surface area contributed by atoms with E-state index in [9.17, 15) is 4.79 Å². The molecule has 1 N–H and O–H groups in total. The first kappa shape index (κ1) is 17.7. The van der Waals surface area contributed by atoms with E-state index in [4.69, 9.17) is 9.47 Å². The zero-order valence-corrected chi connectivity index (χ0v) is 14.5. The first-order valence-electron chi connectivity index (χ1n) is 7.69. The number of aromatic nitrogens is 1. The van der Waals surface area contributed by atoms with E-state index in [1.165, 1.54) is 0 Å². The monoisotopic (exact) mass is 329 g/mol. The normalized spacial score (nSPS) is 10.3. The van der Waals surface area contributed by atoms with Gasteiger partial charge in [-0.2, -0.15) is 0 Å². The van der Waals surface area contributed by atoms with Gasteiger partial charge in [0.1, 0.15) is 12.2 Å². The fourth-order valence-corrected chi connectivity index (χ4v) is 2.33. The van der Waals surface area contributed by atoms with Crippen LogP contribution in [0.2, 0.25) is 0 Å². The van der Waals surface area contributed by atoms with Crippen molar-refractivity contribution >= 4 is 17.3 Å². The minimum absolute atomic E-state index is 0.257. The first-order chi connectivity index (χ1) is 11.5. The summed E-state index contributed by atoms with van der Waals surface area (Å²) in [6.45, 7) is 2.78. The van der Waals surface area contributed by atoms with Crippen molar-refractivity contribution in [1.29, 1.82) is 0 Å². The molecule has 24 heavy (non-hydrogen) atoms. The summed E-state index contributed by atoms with van der Waals surface area (Å²) in [6.07, 6.45) is 1.59. The van der Waals surface area contributed by atoms with Gasteiger partial charge in [-0.25, -0.2) is 4.98 Å². The summed E-state index contributed by atoms with van der Waals surface area (Å²) >= 11 is 0. The van der Waals surface area contributed by atoms with Gasteiger partial charge in [-0.05, 0) is 42.8 Å². The molecule has 0 saturated carbocycles. The van der Waals surface area contributed by atoms with Gasteiger partial charge in [-0.1, -0.05) is 0 Å². The van der Waals surface area contributed by atoms with Crippen LogP contribution in [0.15, 0.2) is 36.5 Å². The zero-order chi connectivity index (χ0) is 17.5. The number of hydrogen-bond donors (Lipinski definition) is 1. The largest absolute Gasteiger partial charge is 0.475 e. The molecule has 6 heteroatoms. The summed E-state index contributed by atoms with van der Waals surface area (Å²) in [5.74, 6) is 0.0428. The third-order valence-corrected chi connectivity index (χ3v) is 3.48. The Hall–Kier alpha value is -2.60. The van der Waals surface area contributed by atoms with Gasteiger partial charge in [-0.15, -0.1) is 0 Å². The Kier molecular flexibility index (Phi) is 6.14. The number of anilines is 2. The number of ether oxygens (including phenoxy) is 2. The molecule has 0 saturated heterocycles. The van der Waals surface area contributed by atoms with E-state index in [1.807, 2.05) is 44.1 Å². The van der Waals surface area contributed by atoms with E-state index in [0.717, 1.165) is 16.9 Å². The topological polar surface area (TPSA) is 63.7 Å². The molecule has 2 rings (SSSR count). The van der Waals surface area contributed by atoms with Crippen LogP contribution in [0, 0.1) is 6.92 Å². The molecule has 0 fully saturated rings. The molecular weight excluding hydrogens is 306 g/mol. The van der Waals surface area contributed by atoms with Crippen LogP contribution in [-0.4, -0.2) is 45.3 Å². The van der Waals surface area contributed by atoms with Crippen LogP contribution in [0.4, 0.5) is 11.4 Å². The van der Waals surface area contributed by atoms with Gasteiger partial charge in [0.15, 0.2) is 0 Å². The molecule has 1 heterocycles. The number of carbonyl (C=O) groups excluding carboxylic acids is 1. The zero-order valence-electron chi connectivity index (χ0n) is 14.5. The number of methoxy groups -OCH3 is 1. The molecular formula is C18H23N3O3. The molecule has 0 unspecified atom stereocenters. The molecule has 0 spiro atoms. The van der Waals surface area contributed by atoms with Gasteiger partial charge in [0, 0.05) is 38.8 Å². The highest BCUT2D eigenvalue weighted by Crippen LogP contribution is 2.23. The highest BCUT2D eigenvalue weighted by molar-refractivity contribution is 6.05. The highest BCUT2D eigenvalue weighted by atomic mass is 16.5. The lowest BCUT2D eigenvalue weighted by Crippen LogP contribution is -2.16. The van der Waals surface area contributed by atoms with Gasteiger partial charge in [0.05, 0.1) is 6.61 Å². The smallest absolute Gasteiger partial charge is 0.261 e. The Labute approximate surface area is 142 Å². The second-order valence-electron chi connectivity index (χ2n) is 5.55. The SMILES string of the molecule is COCCOc1ncccc1C(=O)Nc1ccc(N(C)C)c(C)c1. The second-order valence-corrected chi connectivity index (χ2v) is 5.55. The number of amides is 1. The number of hydrogen-bond acceptors (Lipinski definition) is 5. The van der Waals surface area contributed by atoms with Gasteiger partial charge in [-0.3, -0.25) is 4.79 Å². The molecule has 2 aromatic rings. The molecule has 1 aromatic carbocycles.